The number of unbranched alkanes of at least 4 members (excludes halogenated alkanes) is 4. The second kappa shape index (κ2) is 17.1. The van der Waals surface area contributed by atoms with Gasteiger partial charge in [0.25, 0.3) is 0 Å². The van der Waals surface area contributed by atoms with E-state index in [2.05, 4.69) is 73.0 Å². The van der Waals surface area contributed by atoms with Gasteiger partial charge in [0.15, 0.2) is 11.6 Å². The monoisotopic (exact) mass is 694 g/mol. The van der Waals surface area contributed by atoms with Crippen molar-refractivity contribution >= 4 is 34.3 Å². The van der Waals surface area contributed by atoms with E-state index in [0.717, 1.165) is 23.2 Å². The maximum absolute atomic E-state index is 14.1. The zero-order valence-corrected chi connectivity index (χ0v) is 31.5. The Balaban J connectivity index is 1.00. The predicted octanol–water partition coefficient (Wildman–Crippen LogP) is 13.7. The average Bonchev–Trinajstić information content (AvgIpc) is 3.18. The summed E-state index contributed by atoms with van der Waals surface area (Å²) >= 11 is 0. The summed E-state index contributed by atoms with van der Waals surface area (Å²) in [6.07, 6.45) is 21.3. The van der Waals surface area contributed by atoms with Gasteiger partial charge in [-0.25, -0.2) is 0 Å². The number of carbonyl (C=O) groups excluding carboxylic acids is 2. The molecule has 0 heterocycles. The molecule has 272 valence electrons. The first-order valence-corrected chi connectivity index (χ1v) is 20.6. The van der Waals surface area contributed by atoms with Gasteiger partial charge >= 0.3 is 0 Å². The number of benzene rings is 4. The quantitative estimate of drug-likeness (QED) is 0.114. The van der Waals surface area contributed by atoms with Crippen LogP contribution >= 0.6 is 0 Å². The Kier molecular flexibility index (Phi) is 11.9. The topological polar surface area (TPSA) is 58.2 Å². The van der Waals surface area contributed by atoms with Crippen molar-refractivity contribution in [3.8, 4) is 0 Å². The number of hydrogen-bond acceptors (Lipinski definition) is 4. The highest BCUT2D eigenvalue weighted by Crippen LogP contribution is 2.41. The molecule has 4 aromatic rings. The Labute approximate surface area is 312 Å². The molecular formula is C48H58N2O2. The Hall–Kier alpha value is -4.18. The molecule has 4 nitrogen and oxygen atoms in total. The van der Waals surface area contributed by atoms with Crippen LogP contribution in [0.5, 0.6) is 0 Å². The number of ketones is 2. The molecule has 52 heavy (non-hydrogen) atoms. The Morgan fingerprint density at radius 2 is 0.865 bits per heavy atom. The Morgan fingerprint density at radius 3 is 1.23 bits per heavy atom. The van der Waals surface area contributed by atoms with E-state index < -0.39 is 0 Å². The fourth-order valence-corrected chi connectivity index (χ4v) is 9.37. The van der Waals surface area contributed by atoms with Gasteiger partial charge in [0.1, 0.15) is 0 Å². The molecule has 4 heteroatoms. The summed E-state index contributed by atoms with van der Waals surface area (Å²) in [4.78, 5) is 28.3. The summed E-state index contributed by atoms with van der Waals surface area (Å²) in [7, 11) is 0. The zero-order valence-electron chi connectivity index (χ0n) is 31.5. The molecule has 2 N–H and O–H groups in total. The molecular weight excluding hydrogens is 637 g/mol. The molecule has 3 aliphatic carbocycles. The van der Waals surface area contributed by atoms with E-state index in [1.165, 1.54) is 114 Å². The fraction of sp³-hybridized carbons (Fsp3) is 0.458. The van der Waals surface area contributed by atoms with E-state index >= 15 is 0 Å². The van der Waals surface area contributed by atoms with E-state index in [4.69, 9.17) is 0 Å². The molecule has 0 saturated heterocycles. The highest BCUT2D eigenvalue weighted by molar-refractivity contribution is 6.32. The van der Waals surface area contributed by atoms with Crippen LogP contribution < -0.4 is 10.6 Å². The normalized spacial score (nSPS) is 21.3. The maximum atomic E-state index is 14.1. The van der Waals surface area contributed by atoms with Crippen LogP contribution in [-0.2, 0) is 0 Å². The number of fused-ring (bicyclic) bond motifs is 2. The smallest absolute Gasteiger partial charge is 0.196 e. The summed E-state index contributed by atoms with van der Waals surface area (Å²) in [5.41, 5.74) is 7.81. The van der Waals surface area contributed by atoms with Crippen LogP contribution in [0.2, 0.25) is 0 Å². The standard InChI is InChI=1S/C48H58N2O2/c1-3-5-7-11-33-17-21-35(22-18-33)37-25-29-39(30-26-37)49-43-15-9-13-41-45(43)47(51)42-14-10-16-44(46(42)48(41)52)50-40-31-27-38(28-32-40)36-23-19-34(20-24-36)12-8-6-4-2/h9-10,13-16,25-36,49-50H,3-8,11-12,17-24H2,1-2H3. The number of anilines is 4. The molecule has 0 atom stereocenters. The van der Waals surface area contributed by atoms with Gasteiger partial charge in [-0.1, -0.05) is 114 Å². The van der Waals surface area contributed by atoms with E-state index in [9.17, 15) is 9.59 Å². The van der Waals surface area contributed by atoms with Crippen molar-refractivity contribution in [1.82, 2.24) is 0 Å². The van der Waals surface area contributed by atoms with Crippen molar-refractivity contribution in [1.29, 1.82) is 0 Å². The zero-order chi connectivity index (χ0) is 35.9. The van der Waals surface area contributed by atoms with Crippen LogP contribution in [0.1, 0.15) is 171 Å². The van der Waals surface area contributed by atoms with Gasteiger partial charge in [-0.15, -0.1) is 0 Å². The lowest BCUT2D eigenvalue weighted by Gasteiger charge is -2.29. The van der Waals surface area contributed by atoms with Crippen LogP contribution in [-0.4, -0.2) is 11.6 Å². The first-order valence-electron chi connectivity index (χ1n) is 20.6. The molecule has 0 amide bonds. The third kappa shape index (κ3) is 8.22. The SMILES string of the molecule is CCCCCC1CCC(c2ccc(Nc3cccc4c3C(=O)c3cccc(Nc5ccc(C6CCC(CCCCC)CC6)cc5)c3C4=O)cc2)CC1. The van der Waals surface area contributed by atoms with Gasteiger partial charge in [0.05, 0.1) is 22.5 Å². The van der Waals surface area contributed by atoms with Crippen molar-refractivity contribution in [2.24, 2.45) is 11.8 Å². The molecule has 0 radical (unpaired) electrons. The van der Waals surface area contributed by atoms with Crippen molar-refractivity contribution in [2.45, 2.75) is 128 Å². The van der Waals surface area contributed by atoms with Gasteiger partial charge in [-0.3, -0.25) is 9.59 Å². The second-order valence-corrected chi connectivity index (χ2v) is 16.0. The Morgan fingerprint density at radius 1 is 0.481 bits per heavy atom. The summed E-state index contributed by atoms with van der Waals surface area (Å²) in [6, 6.07) is 28.6. The highest BCUT2D eigenvalue weighted by Gasteiger charge is 2.34. The van der Waals surface area contributed by atoms with E-state index in [0.29, 0.717) is 45.5 Å². The van der Waals surface area contributed by atoms with Crippen LogP contribution in [0, 0.1) is 11.8 Å². The van der Waals surface area contributed by atoms with Crippen LogP contribution in [0.4, 0.5) is 22.7 Å². The third-order valence-electron chi connectivity index (χ3n) is 12.5. The predicted molar refractivity (Wildman–Crippen MR) is 217 cm³/mol. The molecule has 0 unspecified atom stereocenters. The second-order valence-electron chi connectivity index (χ2n) is 16.0. The molecule has 4 aromatic carbocycles. The van der Waals surface area contributed by atoms with Gasteiger partial charge in [-0.05, 0) is 123 Å². The van der Waals surface area contributed by atoms with Crippen molar-refractivity contribution in [2.75, 3.05) is 10.6 Å². The lowest BCUT2D eigenvalue weighted by atomic mass is 9.77. The molecule has 0 aliphatic heterocycles. The Bertz CT molecular complexity index is 1670. The first kappa shape index (κ1) is 36.2. The summed E-state index contributed by atoms with van der Waals surface area (Å²) in [5, 5.41) is 6.98. The third-order valence-corrected chi connectivity index (χ3v) is 12.5. The molecule has 0 aromatic heterocycles. The van der Waals surface area contributed by atoms with E-state index in [-0.39, 0.29) is 11.6 Å². The van der Waals surface area contributed by atoms with E-state index in [1.807, 2.05) is 24.3 Å². The lowest BCUT2D eigenvalue weighted by Crippen LogP contribution is -2.23. The molecule has 2 fully saturated rings. The molecule has 7 rings (SSSR count). The largest absolute Gasteiger partial charge is 0.355 e. The first-order chi connectivity index (χ1) is 25.5. The highest BCUT2D eigenvalue weighted by atomic mass is 16.1. The van der Waals surface area contributed by atoms with Crippen molar-refractivity contribution in [3.05, 3.63) is 118 Å². The minimum Gasteiger partial charge on any atom is -0.355 e. The fourth-order valence-electron chi connectivity index (χ4n) is 9.37. The average molecular weight is 695 g/mol. The summed E-state index contributed by atoms with van der Waals surface area (Å²) in [5.74, 6) is 2.81. The molecule has 0 bridgehead atoms. The van der Waals surface area contributed by atoms with E-state index in [1.54, 1.807) is 12.1 Å². The van der Waals surface area contributed by atoms with Gasteiger partial charge in [-0.2, -0.15) is 0 Å². The minimum absolute atomic E-state index is 0.121. The molecule has 0 spiro atoms. The summed E-state index contributed by atoms with van der Waals surface area (Å²) in [6.45, 7) is 4.57. The van der Waals surface area contributed by atoms with Crippen LogP contribution in [0.25, 0.3) is 0 Å². The minimum atomic E-state index is -0.121. The lowest BCUT2D eigenvalue weighted by molar-refractivity contribution is 0.0980. The van der Waals surface area contributed by atoms with Crippen molar-refractivity contribution < 1.29 is 9.59 Å². The van der Waals surface area contributed by atoms with Gasteiger partial charge < -0.3 is 10.6 Å². The number of hydrogen-bond donors (Lipinski definition) is 2. The summed E-state index contributed by atoms with van der Waals surface area (Å²) < 4.78 is 0. The number of rotatable bonds is 14. The molecule has 3 aliphatic rings. The van der Waals surface area contributed by atoms with Crippen LogP contribution in [0.3, 0.4) is 0 Å². The number of nitrogens with one attached hydrogen (secondary N) is 2. The van der Waals surface area contributed by atoms with Crippen LogP contribution in [0.15, 0.2) is 84.9 Å². The number of carbonyl (C=O) groups is 2. The van der Waals surface area contributed by atoms with Crippen molar-refractivity contribution in [3.63, 3.8) is 0 Å². The van der Waals surface area contributed by atoms with Gasteiger partial charge in [0.2, 0.25) is 0 Å². The molecule has 2 saturated carbocycles. The maximum Gasteiger partial charge on any atom is 0.196 e. The van der Waals surface area contributed by atoms with Gasteiger partial charge in [0, 0.05) is 22.5 Å².